The lowest BCUT2D eigenvalue weighted by molar-refractivity contribution is -0.138. The van der Waals surface area contributed by atoms with Crippen LogP contribution < -0.4 is 34.9 Å². The van der Waals surface area contributed by atoms with Crippen LogP contribution in [0.3, 0.4) is 0 Å². The minimum absolute atomic E-state index is 0.0352. The molecule has 0 aliphatic rings. The molecule has 0 bridgehead atoms. The molecule has 8 aromatic carbocycles. The average Bonchev–Trinajstić information content (AvgIpc) is 1.69. The summed E-state index contributed by atoms with van der Waals surface area (Å²) in [7, 11) is 6.38. The Hall–Kier alpha value is -8.37. The fourth-order valence-corrected chi connectivity index (χ4v) is 14.0. The number of alkyl halides is 11. The third kappa shape index (κ3) is 27.4. The number of rotatable bonds is 15. The Kier molecular flexibility index (Phi) is 34.2. The number of thiazole rings is 4. The van der Waals surface area contributed by atoms with Gasteiger partial charge in [0.1, 0.15) is 33.8 Å². The van der Waals surface area contributed by atoms with E-state index in [2.05, 4.69) is 85.3 Å². The number of aryl methyl sites for hydroxylation is 3. The molecule has 562 valence electrons. The quantitative estimate of drug-likeness (QED) is 0.0290. The van der Waals surface area contributed by atoms with E-state index in [1.54, 1.807) is 89.4 Å². The smallest absolute Gasteiger partial charge is 0.488 e. The molecule has 0 radical (unpaired) electrons. The molecule has 0 spiro atoms. The van der Waals surface area contributed by atoms with Crippen LogP contribution in [0.2, 0.25) is 0 Å². The Labute approximate surface area is 659 Å². The van der Waals surface area contributed by atoms with Crippen LogP contribution in [-0.2, 0) is 23.9 Å². The highest BCUT2D eigenvalue weighted by atomic mass is 79.9. The lowest BCUT2D eigenvalue weighted by Crippen LogP contribution is -2.29. The molecule has 0 amide bonds. The Morgan fingerprint density at radius 3 is 1.09 bits per heavy atom. The van der Waals surface area contributed by atoms with E-state index in [9.17, 15) is 44.3 Å². The van der Waals surface area contributed by atoms with Crippen molar-refractivity contribution in [2.45, 2.75) is 51.6 Å². The van der Waals surface area contributed by atoms with Gasteiger partial charge in [0.15, 0.2) is 5.78 Å². The van der Waals surface area contributed by atoms with Gasteiger partial charge < -0.3 is 39.5 Å². The molecule has 4 N–H and O–H groups in total. The van der Waals surface area contributed by atoms with E-state index in [-0.39, 0.29) is 11.2 Å². The number of halogens is 12. The first-order valence-corrected chi connectivity index (χ1v) is 38.0. The maximum Gasteiger partial charge on any atom is 0.488 e. The fraction of sp³-hybridized carbons (Fsp3) is 0.184. The van der Waals surface area contributed by atoms with Gasteiger partial charge in [-0.1, -0.05) is 92.6 Å². The van der Waals surface area contributed by atoms with Gasteiger partial charge in [-0.2, -0.15) is 39.5 Å². The molecule has 0 atom stereocenters. The second kappa shape index (κ2) is 41.8. The molecule has 4 heterocycles. The molecule has 12 rings (SSSR count). The number of thiocarbonyl (C=S) groups is 1. The van der Waals surface area contributed by atoms with Crippen LogP contribution in [0, 0.1) is 20.8 Å². The van der Waals surface area contributed by atoms with Crippen molar-refractivity contribution in [1.82, 2.24) is 19.9 Å². The molecule has 12 aromatic rings. The van der Waals surface area contributed by atoms with Gasteiger partial charge in [0, 0.05) is 33.2 Å². The van der Waals surface area contributed by atoms with E-state index in [4.69, 9.17) is 39.5 Å². The van der Waals surface area contributed by atoms with Crippen molar-refractivity contribution < 1.29 is 78.0 Å². The van der Waals surface area contributed by atoms with Gasteiger partial charge >= 0.3 is 25.6 Å². The van der Waals surface area contributed by atoms with Crippen molar-refractivity contribution in [3.8, 4) is 94.7 Å². The van der Waals surface area contributed by atoms with Crippen LogP contribution in [0.4, 0.5) is 39.5 Å². The second-order valence-electron chi connectivity index (χ2n) is 21.9. The number of carbonyl (C=O) groups is 1. The highest BCUT2D eigenvalue weighted by molar-refractivity contribution is 9.11. The van der Waals surface area contributed by atoms with Crippen molar-refractivity contribution >= 4 is 129 Å². The Balaban J connectivity index is 0.000000203. The van der Waals surface area contributed by atoms with E-state index in [0.717, 1.165) is 161 Å². The third-order valence-electron chi connectivity index (χ3n) is 14.3. The first-order chi connectivity index (χ1) is 50.7. The number of benzene rings is 8. The standard InChI is InChI=1S/C18H13BrF3NOS.C18H14F3NOS.C11H10BrNOS.C11H11NOS.C9H9BrO2.C7H6BF3O2.C2H5NS/c1-24-14-8-4-11(5-9-14)16-17(25-15(10-19)23-16)12-2-6-13(7-3-12)18(20,21)22;1-11-22-16(12-5-9-15(23-2)10-6-12)17(24-11)13-3-7-14(8-4-13)18(19,20)21;1-7-13-10(11(12)15-7)8-3-5-9(14-2)6-4-8;1-8-12-11(7-14-8)9-3-5-10(13-2)6-4-9;1-12-8-4-2-7(3-5-8)9(11)6-10;9-7(10,11)5-1-3-6(4-2-5)8(12)13;1-2(3)4/h2-9H,10H2,1H3;3-10H,1-2H3;3-6H,1-2H3;3-7H,1-2H3;2-5H,6H2,1H3;1-4,12-13H;1H3,(H2,3,4). The zero-order chi connectivity index (χ0) is 78.8. The first-order valence-electron chi connectivity index (χ1n) is 31.3. The molecule has 107 heavy (non-hydrogen) atoms. The SMILES string of the molecule is CC(N)=S.COc1ccc(-c2csc(C)n2)cc1.COc1ccc(-c2nc(C)sc2-c2ccc(C(F)(F)F)cc2)cc1.COc1ccc(-c2nc(C)sc2Br)cc1.COc1ccc(-c2nc(CBr)sc2-c2ccc(C(F)(F)F)cc2)cc1.COc1ccc(C(=O)CBr)cc1.OB(O)c1ccc(C(F)(F)F)cc1. The van der Waals surface area contributed by atoms with Crippen LogP contribution in [0.15, 0.2) is 203 Å². The largest absolute Gasteiger partial charge is 0.497 e. The molecule has 13 nitrogen and oxygen atoms in total. The molecule has 0 unspecified atom stereocenters. The highest BCUT2D eigenvalue weighted by Gasteiger charge is 2.32. The maximum atomic E-state index is 12.8. The lowest BCUT2D eigenvalue weighted by Gasteiger charge is -2.08. The summed E-state index contributed by atoms with van der Waals surface area (Å²) >= 11 is 20.6. The number of Topliss-reactive ketones (excluding diaryl/α,β-unsaturated/α-hetero) is 1. The Morgan fingerprint density at radius 1 is 0.458 bits per heavy atom. The summed E-state index contributed by atoms with van der Waals surface area (Å²) in [6.45, 7) is 7.57. The van der Waals surface area contributed by atoms with E-state index < -0.39 is 42.3 Å². The third-order valence-corrected chi connectivity index (χ3v) is 20.3. The van der Waals surface area contributed by atoms with Crippen molar-refractivity contribution in [1.29, 1.82) is 0 Å². The van der Waals surface area contributed by atoms with Crippen LogP contribution in [0.25, 0.3) is 65.9 Å². The van der Waals surface area contributed by atoms with Crippen LogP contribution >= 0.6 is 105 Å². The predicted octanol–water partition coefficient (Wildman–Crippen LogP) is 22.2. The molecule has 0 aliphatic heterocycles. The Bertz CT molecular complexity index is 4720. The summed E-state index contributed by atoms with van der Waals surface area (Å²) in [5.74, 6) is 4.05. The van der Waals surface area contributed by atoms with Crippen LogP contribution in [0.1, 0.15) is 54.0 Å². The zero-order valence-electron chi connectivity index (χ0n) is 58.3. The monoisotopic (exact) mass is 1760 g/mol. The zero-order valence-corrected chi connectivity index (χ0v) is 67.2. The van der Waals surface area contributed by atoms with Gasteiger partial charge in [0.25, 0.3) is 0 Å². The van der Waals surface area contributed by atoms with Crippen molar-refractivity contribution in [3.63, 3.8) is 0 Å². The van der Waals surface area contributed by atoms with Crippen molar-refractivity contribution in [3.05, 3.63) is 246 Å². The van der Waals surface area contributed by atoms with Gasteiger partial charge in [-0.05, 0) is 206 Å². The minimum atomic E-state index is -4.39. The second-order valence-corrected chi connectivity index (χ2v) is 29.5. The highest BCUT2D eigenvalue weighted by Crippen LogP contribution is 2.42. The van der Waals surface area contributed by atoms with E-state index in [1.165, 1.54) is 46.9 Å². The molecular weight excluding hydrogens is 1690 g/mol. The van der Waals surface area contributed by atoms with Gasteiger partial charge in [-0.3, -0.25) is 4.79 Å². The lowest BCUT2D eigenvalue weighted by atomic mass is 9.80. The van der Waals surface area contributed by atoms with Gasteiger partial charge in [-0.25, -0.2) is 19.9 Å². The van der Waals surface area contributed by atoms with Crippen molar-refractivity contribution in [2.75, 3.05) is 40.9 Å². The summed E-state index contributed by atoms with van der Waals surface area (Å²) < 4.78 is 139. The molecule has 4 aromatic heterocycles. The first kappa shape index (κ1) is 87.5. The summed E-state index contributed by atoms with van der Waals surface area (Å²) in [6.07, 6.45) is -13.1. The predicted molar refractivity (Wildman–Crippen MR) is 427 cm³/mol. The number of ether oxygens (including phenoxy) is 5. The number of nitrogens with two attached hydrogens (primary N) is 1. The summed E-state index contributed by atoms with van der Waals surface area (Å²) in [5, 5.41) is 24.1. The molecule has 31 heteroatoms. The minimum Gasteiger partial charge on any atom is -0.497 e. The van der Waals surface area contributed by atoms with Gasteiger partial charge in [-0.15, -0.1) is 45.3 Å². The topological polar surface area (TPSA) is 181 Å². The fourth-order valence-electron chi connectivity index (χ4n) is 9.04. The van der Waals surface area contributed by atoms with Gasteiger partial charge in [0.05, 0.1) is 119 Å². The number of ketones is 1. The Morgan fingerprint density at radius 2 is 0.776 bits per heavy atom. The molecule has 0 saturated heterocycles. The summed E-state index contributed by atoms with van der Waals surface area (Å²) in [4.78, 5) is 31.4. The maximum absolute atomic E-state index is 12.8. The van der Waals surface area contributed by atoms with Crippen LogP contribution in [-0.4, -0.2) is 88.8 Å². The molecule has 0 fully saturated rings. The number of methoxy groups -OCH3 is 5. The molecular formula is C76H68BBr3F9N5O8S5. The number of nitrogens with zero attached hydrogens (tertiary/aromatic N) is 4. The van der Waals surface area contributed by atoms with E-state index >= 15 is 0 Å². The number of carbonyl (C=O) groups excluding carboxylic acids is 1. The van der Waals surface area contributed by atoms with E-state index in [1.807, 2.05) is 118 Å². The molecule has 0 saturated carbocycles. The van der Waals surface area contributed by atoms with E-state index in [0.29, 0.717) is 26.8 Å². The van der Waals surface area contributed by atoms with Crippen molar-refractivity contribution in [2.24, 2.45) is 5.73 Å². The number of hydrogen-bond donors (Lipinski definition) is 3. The summed E-state index contributed by atoms with van der Waals surface area (Å²) in [6, 6.07) is 51.8. The summed E-state index contributed by atoms with van der Waals surface area (Å²) in [5.41, 5.74) is 12.5. The number of aromatic nitrogens is 4. The number of hydrogen-bond acceptors (Lipinski definition) is 17. The van der Waals surface area contributed by atoms with Gasteiger partial charge in [0.2, 0.25) is 0 Å². The van der Waals surface area contributed by atoms with Crippen LogP contribution in [0.5, 0.6) is 28.7 Å². The normalized spacial score (nSPS) is 10.8. The average molecular weight is 1760 g/mol. The molecule has 0 aliphatic carbocycles.